The molecule has 0 fully saturated rings. The van der Waals surface area contributed by atoms with Crippen LogP contribution in [0.5, 0.6) is 0 Å². The maximum absolute atomic E-state index is 12.8. The van der Waals surface area contributed by atoms with Gasteiger partial charge in [-0.05, 0) is 24.6 Å². The van der Waals surface area contributed by atoms with Crippen molar-refractivity contribution < 1.29 is 9.21 Å². The fraction of sp³-hybridized carbons (Fsp3) is 0.364. The van der Waals surface area contributed by atoms with Gasteiger partial charge in [0.15, 0.2) is 5.69 Å². The summed E-state index contributed by atoms with van der Waals surface area (Å²) >= 11 is 0. The van der Waals surface area contributed by atoms with Gasteiger partial charge in [0.1, 0.15) is 11.5 Å². The summed E-state index contributed by atoms with van der Waals surface area (Å²) in [6, 6.07) is 14.3. The average molecular weight is 378 g/mol. The number of hydrogen-bond acceptors (Lipinski definition) is 4. The van der Waals surface area contributed by atoms with E-state index in [2.05, 4.69) is 17.0 Å². The summed E-state index contributed by atoms with van der Waals surface area (Å²) in [7, 11) is 3.55. The predicted molar refractivity (Wildman–Crippen MR) is 107 cm³/mol. The van der Waals surface area contributed by atoms with Crippen LogP contribution in [0.15, 0.2) is 46.9 Å². The molecule has 0 N–H and O–H groups in total. The molecule has 2 aromatic heterocycles. The van der Waals surface area contributed by atoms with Crippen molar-refractivity contribution in [3.63, 3.8) is 0 Å². The second-order valence-electron chi connectivity index (χ2n) is 7.59. The van der Waals surface area contributed by atoms with Crippen LogP contribution in [0.4, 0.5) is 0 Å². The molecule has 28 heavy (non-hydrogen) atoms. The quantitative estimate of drug-likeness (QED) is 0.685. The van der Waals surface area contributed by atoms with Crippen LogP contribution in [0.3, 0.4) is 0 Å². The van der Waals surface area contributed by atoms with E-state index < -0.39 is 0 Å². The number of hydrogen-bond donors (Lipinski definition) is 0. The van der Waals surface area contributed by atoms with Gasteiger partial charge < -0.3 is 9.32 Å². The van der Waals surface area contributed by atoms with E-state index in [1.165, 1.54) is 11.3 Å². The lowest BCUT2D eigenvalue weighted by Gasteiger charge is -2.27. The first-order valence-electron chi connectivity index (χ1n) is 9.63. The lowest BCUT2D eigenvalue weighted by atomic mass is 10.0. The highest BCUT2D eigenvalue weighted by Gasteiger charge is 2.29. The molecule has 1 amide bonds. The van der Waals surface area contributed by atoms with E-state index in [0.717, 1.165) is 36.6 Å². The molecule has 4 rings (SSSR count). The molecular formula is C22H26N4O2. The standard InChI is InChI=1S/C22H26N4O2/c1-16-9-10-18(28-16)14-25-12-11-20-19(15-25)21(22(27)24(2)3)23-26(20)13-17-7-5-4-6-8-17/h4-10H,11-15H2,1-3H3. The summed E-state index contributed by atoms with van der Waals surface area (Å²) in [5, 5.41) is 4.73. The van der Waals surface area contributed by atoms with Gasteiger partial charge in [-0.1, -0.05) is 30.3 Å². The average Bonchev–Trinajstić information content (AvgIpc) is 3.25. The van der Waals surface area contributed by atoms with Crippen LogP contribution in [-0.2, 0) is 26.1 Å². The van der Waals surface area contributed by atoms with Crippen molar-refractivity contribution in [2.24, 2.45) is 0 Å². The molecule has 3 heterocycles. The molecule has 0 spiro atoms. The number of carbonyl (C=O) groups excluding carboxylic acids is 1. The molecule has 1 aliphatic rings. The summed E-state index contributed by atoms with van der Waals surface area (Å²) < 4.78 is 7.75. The second-order valence-corrected chi connectivity index (χ2v) is 7.59. The van der Waals surface area contributed by atoms with Crippen LogP contribution in [0, 0.1) is 6.92 Å². The van der Waals surface area contributed by atoms with Gasteiger partial charge in [0.25, 0.3) is 5.91 Å². The second kappa shape index (κ2) is 7.64. The van der Waals surface area contributed by atoms with E-state index in [9.17, 15) is 4.79 Å². The van der Waals surface area contributed by atoms with Crippen LogP contribution in [0.2, 0.25) is 0 Å². The Bertz CT molecular complexity index is 972. The maximum Gasteiger partial charge on any atom is 0.274 e. The van der Waals surface area contributed by atoms with Crippen LogP contribution >= 0.6 is 0 Å². The summed E-state index contributed by atoms with van der Waals surface area (Å²) in [5.74, 6) is 1.84. The molecule has 0 unspecified atom stereocenters. The highest BCUT2D eigenvalue weighted by atomic mass is 16.3. The fourth-order valence-electron chi connectivity index (χ4n) is 3.74. The molecule has 6 nitrogen and oxygen atoms in total. The van der Waals surface area contributed by atoms with Crippen LogP contribution in [-0.4, -0.2) is 46.1 Å². The van der Waals surface area contributed by atoms with Gasteiger partial charge in [-0.25, -0.2) is 0 Å². The summed E-state index contributed by atoms with van der Waals surface area (Å²) in [6.07, 6.45) is 0.871. The van der Waals surface area contributed by atoms with Crippen molar-refractivity contribution >= 4 is 5.91 Å². The van der Waals surface area contributed by atoms with Crippen molar-refractivity contribution in [2.45, 2.75) is 33.0 Å². The topological polar surface area (TPSA) is 54.5 Å². The number of rotatable bonds is 5. The van der Waals surface area contributed by atoms with E-state index in [-0.39, 0.29) is 5.91 Å². The first-order chi connectivity index (χ1) is 13.5. The molecule has 0 bridgehead atoms. The number of benzene rings is 1. The van der Waals surface area contributed by atoms with Crippen LogP contribution < -0.4 is 0 Å². The van der Waals surface area contributed by atoms with Crippen molar-refractivity contribution in [3.8, 4) is 0 Å². The van der Waals surface area contributed by atoms with Crippen molar-refractivity contribution in [2.75, 3.05) is 20.6 Å². The molecule has 0 aliphatic carbocycles. The highest BCUT2D eigenvalue weighted by Crippen LogP contribution is 2.26. The molecule has 146 valence electrons. The normalized spacial score (nSPS) is 14.1. The van der Waals surface area contributed by atoms with E-state index in [4.69, 9.17) is 9.52 Å². The molecule has 0 saturated heterocycles. The third-order valence-corrected chi connectivity index (χ3v) is 5.17. The van der Waals surface area contributed by atoms with E-state index in [1.807, 2.05) is 41.9 Å². The Balaban J connectivity index is 1.63. The predicted octanol–water partition coefficient (Wildman–Crippen LogP) is 3.09. The Hall–Kier alpha value is -2.86. The van der Waals surface area contributed by atoms with Crippen molar-refractivity contribution in [1.82, 2.24) is 19.6 Å². The summed E-state index contributed by atoms with van der Waals surface area (Å²) in [4.78, 5) is 16.7. The minimum Gasteiger partial charge on any atom is -0.465 e. The van der Waals surface area contributed by atoms with Crippen LogP contribution in [0.25, 0.3) is 0 Å². The summed E-state index contributed by atoms with van der Waals surface area (Å²) in [5.41, 5.74) is 3.96. The van der Waals surface area contributed by atoms with Gasteiger partial charge in [0, 0.05) is 44.9 Å². The fourth-order valence-corrected chi connectivity index (χ4v) is 3.74. The minimum atomic E-state index is -0.0428. The number of furan rings is 1. The van der Waals surface area contributed by atoms with Crippen LogP contribution in [0.1, 0.15) is 38.8 Å². The molecule has 0 saturated carbocycles. The Morgan fingerprint density at radius 2 is 1.93 bits per heavy atom. The molecule has 1 aliphatic heterocycles. The molecule has 1 aromatic carbocycles. The first-order valence-corrected chi connectivity index (χ1v) is 9.63. The van der Waals surface area contributed by atoms with E-state index >= 15 is 0 Å². The SMILES string of the molecule is Cc1ccc(CN2CCc3c(c(C(=O)N(C)C)nn3Cc3ccccc3)C2)o1. The van der Waals surface area contributed by atoms with E-state index in [0.29, 0.717) is 18.8 Å². The minimum absolute atomic E-state index is 0.0428. The molecule has 0 radical (unpaired) electrons. The van der Waals surface area contributed by atoms with Gasteiger partial charge >= 0.3 is 0 Å². The first kappa shape index (κ1) is 18.5. The maximum atomic E-state index is 12.8. The zero-order valence-corrected chi connectivity index (χ0v) is 16.7. The largest absolute Gasteiger partial charge is 0.465 e. The van der Waals surface area contributed by atoms with E-state index in [1.54, 1.807) is 19.0 Å². The lowest BCUT2D eigenvalue weighted by molar-refractivity contribution is 0.0818. The van der Waals surface area contributed by atoms with Crippen molar-refractivity contribution in [3.05, 3.63) is 76.5 Å². The van der Waals surface area contributed by atoms with Gasteiger partial charge in [-0.15, -0.1) is 0 Å². The Morgan fingerprint density at radius 3 is 2.61 bits per heavy atom. The third kappa shape index (κ3) is 3.73. The Labute approximate surface area is 165 Å². The number of amides is 1. The zero-order valence-electron chi connectivity index (χ0n) is 16.7. The third-order valence-electron chi connectivity index (χ3n) is 5.17. The highest BCUT2D eigenvalue weighted by molar-refractivity contribution is 5.93. The lowest BCUT2D eigenvalue weighted by Crippen LogP contribution is -2.32. The molecular weight excluding hydrogens is 352 g/mol. The smallest absolute Gasteiger partial charge is 0.274 e. The Kier molecular flexibility index (Phi) is 5.05. The monoisotopic (exact) mass is 378 g/mol. The number of nitrogens with zero attached hydrogens (tertiary/aromatic N) is 4. The van der Waals surface area contributed by atoms with Gasteiger partial charge in [0.2, 0.25) is 0 Å². The number of aryl methyl sites for hydroxylation is 1. The number of carbonyl (C=O) groups is 1. The Morgan fingerprint density at radius 1 is 1.14 bits per heavy atom. The van der Waals surface area contributed by atoms with Gasteiger partial charge in [-0.2, -0.15) is 5.10 Å². The molecule has 3 aromatic rings. The zero-order chi connectivity index (χ0) is 19.7. The number of fused-ring (bicyclic) bond motifs is 1. The summed E-state index contributed by atoms with van der Waals surface area (Å²) in [6.45, 7) is 5.01. The molecule has 6 heteroatoms. The van der Waals surface area contributed by atoms with Gasteiger partial charge in [-0.3, -0.25) is 14.4 Å². The number of aromatic nitrogens is 2. The molecule has 0 atom stereocenters. The van der Waals surface area contributed by atoms with Crippen molar-refractivity contribution in [1.29, 1.82) is 0 Å². The van der Waals surface area contributed by atoms with Gasteiger partial charge in [0.05, 0.1) is 13.1 Å².